The molecule has 102 valence electrons. The fraction of sp³-hybridized carbons (Fsp3) is 0.250. The lowest BCUT2D eigenvalue weighted by Gasteiger charge is -2.03. The summed E-state index contributed by atoms with van der Waals surface area (Å²) in [7, 11) is 2.06. The normalized spacial score (nSPS) is 11.1. The highest BCUT2D eigenvalue weighted by Gasteiger charge is 2.08. The van der Waals surface area contributed by atoms with E-state index in [0.717, 1.165) is 41.0 Å². The van der Waals surface area contributed by atoms with Gasteiger partial charge < -0.3 is 10.3 Å². The predicted molar refractivity (Wildman–Crippen MR) is 80.3 cm³/mol. The van der Waals surface area contributed by atoms with Gasteiger partial charge in [0.05, 0.1) is 11.0 Å². The molecule has 0 aliphatic heterocycles. The smallest absolute Gasteiger partial charge is 0.109 e. The molecule has 3 aromatic rings. The minimum absolute atomic E-state index is 0.560. The molecule has 0 radical (unpaired) electrons. The number of benzene rings is 1. The number of aryl methyl sites for hydroxylation is 3. The quantitative estimate of drug-likeness (QED) is 0.787. The summed E-state index contributed by atoms with van der Waals surface area (Å²) in [4.78, 5) is 9.05. The molecule has 4 heteroatoms. The third-order valence-corrected chi connectivity index (χ3v) is 3.60. The molecule has 0 saturated carbocycles. The van der Waals surface area contributed by atoms with E-state index in [0.29, 0.717) is 6.54 Å². The van der Waals surface area contributed by atoms with Crippen LogP contribution in [-0.4, -0.2) is 14.5 Å². The van der Waals surface area contributed by atoms with Crippen molar-refractivity contribution in [2.75, 3.05) is 0 Å². The van der Waals surface area contributed by atoms with E-state index >= 15 is 0 Å². The Morgan fingerprint density at radius 1 is 1.15 bits per heavy atom. The van der Waals surface area contributed by atoms with Gasteiger partial charge in [0.15, 0.2) is 0 Å². The average Bonchev–Trinajstić information content (AvgIpc) is 2.82. The largest absolute Gasteiger partial charge is 0.331 e. The molecule has 2 heterocycles. The van der Waals surface area contributed by atoms with E-state index in [1.54, 1.807) is 0 Å². The van der Waals surface area contributed by atoms with Gasteiger partial charge in [0.1, 0.15) is 5.82 Å². The van der Waals surface area contributed by atoms with E-state index in [1.807, 2.05) is 30.5 Å². The summed E-state index contributed by atoms with van der Waals surface area (Å²) in [5.74, 6) is 1.08. The second-order valence-corrected chi connectivity index (χ2v) is 4.94. The van der Waals surface area contributed by atoms with E-state index in [9.17, 15) is 0 Å². The van der Waals surface area contributed by atoms with Crippen molar-refractivity contribution in [3.05, 3.63) is 59.7 Å². The van der Waals surface area contributed by atoms with Crippen LogP contribution in [0, 0.1) is 0 Å². The molecule has 0 spiro atoms. The molecule has 0 aliphatic carbocycles. The maximum atomic E-state index is 5.69. The highest BCUT2D eigenvalue weighted by Crippen LogP contribution is 2.17. The van der Waals surface area contributed by atoms with E-state index < -0.39 is 0 Å². The number of imidazole rings is 1. The molecule has 0 unspecified atom stereocenters. The molecule has 0 atom stereocenters. The number of nitrogens with zero attached hydrogens (tertiary/aromatic N) is 3. The van der Waals surface area contributed by atoms with Gasteiger partial charge in [-0.25, -0.2) is 4.98 Å². The zero-order valence-corrected chi connectivity index (χ0v) is 11.6. The highest BCUT2D eigenvalue weighted by molar-refractivity contribution is 5.76. The van der Waals surface area contributed by atoms with Crippen molar-refractivity contribution in [2.24, 2.45) is 12.8 Å². The van der Waals surface area contributed by atoms with Crippen LogP contribution >= 0.6 is 0 Å². The van der Waals surface area contributed by atoms with Crippen molar-refractivity contribution in [1.29, 1.82) is 0 Å². The summed E-state index contributed by atoms with van der Waals surface area (Å²) in [5.41, 5.74) is 10.1. The van der Waals surface area contributed by atoms with Gasteiger partial charge in [-0.3, -0.25) is 4.98 Å². The van der Waals surface area contributed by atoms with Gasteiger partial charge in [0.2, 0.25) is 0 Å². The van der Waals surface area contributed by atoms with E-state index in [2.05, 4.69) is 28.7 Å². The van der Waals surface area contributed by atoms with Gasteiger partial charge in [-0.15, -0.1) is 0 Å². The van der Waals surface area contributed by atoms with Crippen LogP contribution in [0.4, 0.5) is 0 Å². The first-order valence-electron chi connectivity index (χ1n) is 6.82. The van der Waals surface area contributed by atoms with Crippen LogP contribution in [0.2, 0.25) is 0 Å². The molecule has 0 amide bonds. The van der Waals surface area contributed by atoms with Gasteiger partial charge in [-0.1, -0.05) is 12.1 Å². The Bertz CT molecular complexity index is 716. The van der Waals surface area contributed by atoms with Gasteiger partial charge in [0, 0.05) is 31.9 Å². The lowest BCUT2D eigenvalue weighted by molar-refractivity contribution is 0.775. The number of pyridine rings is 1. The third-order valence-electron chi connectivity index (χ3n) is 3.60. The number of hydrogen-bond acceptors (Lipinski definition) is 3. The molecule has 2 N–H and O–H groups in total. The SMILES string of the molecule is Cn1c(CCc2ccccn2)nc2ccc(CN)cc21. The number of hydrogen-bond donors (Lipinski definition) is 1. The van der Waals surface area contributed by atoms with Crippen molar-refractivity contribution in [1.82, 2.24) is 14.5 Å². The average molecular weight is 266 g/mol. The molecule has 1 aromatic carbocycles. The van der Waals surface area contributed by atoms with Gasteiger partial charge in [-0.2, -0.15) is 0 Å². The zero-order valence-electron chi connectivity index (χ0n) is 11.6. The standard InChI is InChI=1S/C16H18N4/c1-20-15-10-12(11-17)5-7-14(15)19-16(20)8-6-13-4-2-3-9-18-13/h2-5,7,9-10H,6,8,11,17H2,1H3. The summed E-state index contributed by atoms with van der Waals surface area (Å²) in [6, 6.07) is 12.2. The Labute approximate surface area is 118 Å². The Kier molecular flexibility index (Phi) is 3.48. The first-order valence-corrected chi connectivity index (χ1v) is 6.82. The second-order valence-electron chi connectivity index (χ2n) is 4.94. The molecule has 0 fully saturated rings. The van der Waals surface area contributed by atoms with Crippen molar-refractivity contribution < 1.29 is 0 Å². The summed E-state index contributed by atoms with van der Waals surface area (Å²) >= 11 is 0. The van der Waals surface area contributed by atoms with E-state index in [4.69, 9.17) is 10.7 Å². The first-order chi connectivity index (χ1) is 9.78. The monoisotopic (exact) mass is 266 g/mol. The highest BCUT2D eigenvalue weighted by atomic mass is 15.1. The van der Waals surface area contributed by atoms with Crippen molar-refractivity contribution >= 4 is 11.0 Å². The molecule has 2 aromatic heterocycles. The van der Waals surface area contributed by atoms with Crippen LogP contribution < -0.4 is 5.73 Å². The number of fused-ring (bicyclic) bond motifs is 1. The summed E-state index contributed by atoms with van der Waals surface area (Å²) in [5, 5.41) is 0. The Balaban J connectivity index is 1.86. The molecule has 4 nitrogen and oxygen atoms in total. The Morgan fingerprint density at radius 2 is 2.05 bits per heavy atom. The van der Waals surface area contributed by atoms with Gasteiger partial charge in [0.25, 0.3) is 0 Å². The zero-order chi connectivity index (χ0) is 13.9. The number of rotatable bonds is 4. The molecule has 3 rings (SSSR count). The van der Waals surface area contributed by atoms with Crippen LogP contribution in [0.15, 0.2) is 42.6 Å². The van der Waals surface area contributed by atoms with Gasteiger partial charge in [-0.05, 0) is 36.2 Å². The summed E-state index contributed by atoms with van der Waals surface area (Å²) < 4.78 is 2.15. The fourth-order valence-corrected chi connectivity index (χ4v) is 2.42. The summed E-state index contributed by atoms with van der Waals surface area (Å²) in [6.45, 7) is 0.560. The molecular formula is C16H18N4. The summed E-state index contributed by atoms with van der Waals surface area (Å²) in [6.07, 6.45) is 3.62. The topological polar surface area (TPSA) is 56.7 Å². The maximum absolute atomic E-state index is 5.69. The third kappa shape index (κ3) is 2.42. The molecule has 0 aliphatic rings. The fourth-order valence-electron chi connectivity index (χ4n) is 2.42. The first kappa shape index (κ1) is 12.8. The second kappa shape index (κ2) is 5.43. The minimum Gasteiger partial charge on any atom is -0.331 e. The maximum Gasteiger partial charge on any atom is 0.109 e. The van der Waals surface area contributed by atoms with Crippen LogP contribution in [-0.2, 0) is 26.4 Å². The molecular weight excluding hydrogens is 248 g/mol. The Morgan fingerprint density at radius 3 is 2.80 bits per heavy atom. The van der Waals surface area contributed by atoms with Crippen LogP contribution in [0.3, 0.4) is 0 Å². The number of nitrogens with two attached hydrogens (primary N) is 1. The van der Waals surface area contributed by atoms with Gasteiger partial charge >= 0.3 is 0 Å². The van der Waals surface area contributed by atoms with Crippen LogP contribution in [0.25, 0.3) is 11.0 Å². The van der Waals surface area contributed by atoms with E-state index in [1.165, 1.54) is 0 Å². The minimum atomic E-state index is 0.560. The van der Waals surface area contributed by atoms with E-state index in [-0.39, 0.29) is 0 Å². The van der Waals surface area contributed by atoms with Crippen LogP contribution in [0.1, 0.15) is 17.1 Å². The molecule has 0 saturated heterocycles. The Hall–Kier alpha value is -2.20. The lowest BCUT2D eigenvalue weighted by atomic mass is 10.2. The van der Waals surface area contributed by atoms with Crippen molar-refractivity contribution in [3.63, 3.8) is 0 Å². The van der Waals surface area contributed by atoms with Crippen molar-refractivity contribution in [2.45, 2.75) is 19.4 Å². The molecule has 20 heavy (non-hydrogen) atoms. The lowest BCUT2D eigenvalue weighted by Crippen LogP contribution is -2.01. The van der Waals surface area contributed by atoms with Crippen molar-refractivity contribution in [3.8, 4) is 0 Å². The number of aromatic nitrogens is 3. The molecule has 0 bridgehead atoms. The van der Waals surface area contributed by atoms with Crippen LogP contribution in [0.5, 0.6) is 0 Å². The predicted octanol–water partition coefficient (Wildman–Crippen LogP) is 2.21.